The highest BCUT2D eigenvalue weighted by atomic mass is 19.1. The summed E-state index contributed by atoms with van der Waals surface area (Å²) in [6, 6.07) is 23.5. The van der Waals surface area contributed by atoms with E-state index >= 15 is 0 Å². The van der Waals surface area contributed by atoms with Crippen molar-refractivity contribution in [1.29, 1.82) is 0 Å². The second-order valence-corrected chi connectivity index (χ2v) is 10.5. The number of piperidine rings is 1. The van der Waals surface area contributed by atoms with Gasteiger partial charge in [0.25, 0.3) is 5.91 Å². The number of halogens is 1. The van der Waals surface area contributed by atoms with Crippen LogP contribution in [-0.4, -0.2) is 48.2 Å². The second-order valence-electron chi connectivity index (χ2n) is 10.5. The first-order valence-electron chi connectivity index (χ1n) is 13.4. The molecule has 0 spiro atoms. The van der Waals surface area contributed by atoms with Crippen molar-refractivity contribution < 1.29 is 14.4 Å². The van der Waals surface area contributed by atoms with Gasteiger partial charge in [0.15, 0.2) is 0 Å². The summed E-state index contributed by atoms with van der Waals surface area (Å²) in [6.45, 7) is 4.55. The number of likely N-dealkylation sites (tertiary alicyclic amines) is 1. The van der Waals surface area contributed by atoms with Gasteiger partial charge in [-0.05, 0) is 111 Å². The number of benzene rings is 3. The Hall–Kier alpha value is -3.06. The number of rotatable bonds is 10. The summed E-state index contributed by atoms with van der Waals surface area (Å²) in [4.78, 5) is 14.0. The number of hydrogen-bond acceptors (Lipinski definition) is 4. The molecule has 3 N–H and O–H groups in total. The molecule has 1 saturated heterocycles. The molecule has 0 aromatic heterocycles. The standard InChI is InChI=1S/C31H36FN3O2/c32-28-13-11-25(12-14-28)24-7-9-26(10-8-24)29-20-30(29)33-21-23-15-18-35(19-16-23)17-1-2-22-3-5-27(6-4-22)31(36)34-37/h3-14,23,29-30,33,37H,1-2,15-21H2,(H,34,36). The predicted octanol–water partition coefficient (Wildman–Crippen LogP) is 5.40. The molecular formula is C31H36FN3O2. The first-order chi connectivity index (χ1) is 18.1. The van der Waals surface area contributed by atoms with Crippen molar-refractivity contribution in [2.75, 3.05) is 26.2 Å². The van der Waals surface area contributed by atoms with Crippen LogP contribution < -0.4 is 10.8 Å². The minimum Gasteiger partial charge on any atom is -0.313 e. The van der Waals surface area contributed by atoms with Gasteiger partial charge in [-0.1, -0.05) is 48.5 Å². The Morgan fingerprint density at radius 2 is 1.57 bits per heavy atom. The van der Waals surface area contributed by atoms with Gasteiger partial charge < -0.3 is 10.2 Å². The van der Waals surface area contributed by atoms with Crippen LogP contribution in [0.1, 0.15) is 53.1 Å². The molecule has 1 aliphatic heterocycles. The van der Waals surface area contributed by atoms with Crippen molar-refractivity contribution in [3.63, 3.8) is 0 Å². The van der Waals surface area contributed by atoms with Crippen LogP contribution in [-0.2, 0) is 6.42 Å². The van der Waals surface area contributed by atoms with Crippen LogP contribution in [0.15, 0.2) is 72.8 Å². The van der Waals surface area contributed by atoms with E-state index in [1.54, 1.807) is 17.6 Å². The highest BCUT2D eigenvalue weighted by Gasteiger charge is 2.38. The van der Waals surface area contributed by atoms with Gasteiger partial charge >= 0.3 is 0 Å². The van der Waals surface area contributed by atoms with Crippen LogP contribution in [0.4, 0.5) is 4.39 Å². The lowest BCUT2D eigenvalue weighted by Gasteiger charge is -2.32. The average Bonchev–Trinajstić information content (AvgIpc) is 3.73. The largest absolute Gasteiger partial charge is 0.313 e. The maximum atomic E-state index is 13.2. The van der Waals surface area contributed by atoms with E-state index in [2.05, 4.69) is 34.5 Å². The molecule has 5 rings (SSSR count). The molecule has 6 heteroatoms. The van der Waals surface area contributed by atoms with Gasteiger partial charge in [0.2, 0.25) is 0 Å². The summed E-state index contributed by atoms with van der Waals surface area (Å²) in [5.41, 5.74) is 6.93. The highest BCUT2D eigenvalue weighted by Crippen LogP contribution is 2.41. The van der Waals surface area contributed by atoms with E-state index in [0.717, 1.165) is 43.0 Å². The van der Waals surface area contributed by atoms with Crippen LogP contribution in [0.5, 0.6) is 0 Å². The normalized spacial score (nSPS) is 20.1. The van der Waals surface area contributed by atoms with Crippen LogP contribution in [0, 0.1) is 11.7 Å². The third-order valence-electron chi connectivity index (χ3n) is 7.94. The average molecular weight is 502 g/mol. The predicted molar refractivity (Wildman–Crippen MR) is 144 cm³/mol. The zero-order chi connectivity index (χ0) is 25.6. The fraction of sp³-hybridized carbons (Fsp3) is 0.387. The third kappa shape index (κ3) is 6.83. The summed E-state index contributed by atoms with van der Waals surface area (Å²) in [5, 5.41) is 12.5. The number of nitrogens with one attached hydrogen (secondary N) is 2. The van der Waals surface area contributed by atoms with Gasteiger partial charge in [-0.25, -0.2) is 9.87 Å². The molecule has 1 amide bonds. The van der Waals surface area contributed by atoms with E-state index < -0.39 is 5.91 Å². The monoisotopic (exact) mass is 501 g/mol. The van der Waals surface area contributed by atoms with Gasteiger partial charge in [-0.15, -0.1) is 0 Å². The molecule has 3 aromatic carbocycles. The second kappa shape index (κ2) is 12.0. The quantitative estimate of drug-likeness (QED) is 0.257. The number of aryl methyl sites for hydroxylation is 1. The first kappa shape index (κ1) is 25.6. The highest BCUT2D eigenvalue weighted by molar-refractivity contribution is 5.93. The summed E-state index contributed by atoms with van der Waals surface area (Å²) in [7, 11) is 0. The van der Waals surface area contributed by atoms with Crippen molar-refractivity contribution in [1.82, 2.24) is 15.7 Å². The van der Waals surface area contributed by atoms with Crippen LogP contribution in [0.3, 0.4) is 0 Å². The fourth-order valence-electron chi connectivity index (χ4n) is 5.48. The van der Waals surface area contributed by atoms with E-state index in [4.69, 9.17) is 5.21 Å². The Morgan fingerprint density at radius 3 is 2.22 bits per heavy atom. The van der Waals surface area contributed by atoms with Crippen molar-refractivity contribution in [2.24, 2.45) is 5.92 Å². The smallest absolute Gasteiger partial charge is 0.274 e. The van der Waals surface area contributed by atoms with E-state index in [9.17, 15) is 9.18 Å². The molecule has 1 heterocycles. The van der Waals surface area contributed by atoms with Gasteiger partial charge in [0.05, 0.1) is 0 Å². The van der Waals surface area contributed by atoms with Gasteiger partial charge in [-0.2, -0.15) is 0 Å². The molecule has 2 fully saturated rings. The topological polar surface area (TPSA) is 64.6 Å². The molecule has 0 radical (unpaired) electrons. The number of amides is 1. The summed E-state index contributed by atoms with van der Waals surface area (Å²) >= 11 is 0. The van der Waals surface area contributed by atoms with Gasteiger partial charge in [0, 0.05) is 17.5 Å². The van der Waals surface area contributed by atoms with Crippen molar-refractivity contribution >= 4 is 5.91 Å². The molecule has 2 aliphatic rings. The molecule has 1 saturated carbocycles. The summed E-state index contributed by atoms with van der Waals surface area (Å²) < 4.78 is 13.2. The molecule has 194 valence electrons. The lowest BCUT2D eigenvalue weighted by Crippen LogP contribution is -2.38. The van der Waals surface area contributed by atoms with Gasteiger partial charge in [-0.3, -0.25) is 10.0 Å². The van der Waals surface area contributed by atoms with E-state index in [0.29, 0.717) is 17.5 Å². The zero-order valence-corrected chi connectivity index (χ0v) is 21.2. The maximum Gasteiger partial charge on any atom is 0.274 e. The summed E-state index contributed by atoms with van der Waals surface area (Å²) in [6.07, 6.45) is 5.82. The Balaban J connectivity index is 0.976. The van der Waals surface area contributed by atoms with Crippen LogP contribution in [0.25, 0.3) is 11.1 Å². The minimum atomic E-state index is -0.474. The molecular weight excluding hydrogens is 465 g/mol. The minimum absolute atomic E-state index is 0.200. The SMILES string of the molecule is O=C(NO)c1ccc(CCCN2CCC(CNC3CC3c3ccc(-c4ccc(F)cc4)cc3)CC2)cc1. The molecule has 2 unspecified atom stereocenters. The van der Waals surface area contributed by atoms with Crippen molar-refractivity contribution in [3.8, 4) is 11.1 Å². The molecule has 0 bridgehead atoms. The number of carbonyl (C=O) groups excluding carboxylic acids is 1. The third-order valence-corrected chi connectivity index (χ3v) is 7.94. The Morgan fingerprint density at radius 1 is 0.919 bits per heavy atom. The number of hydroxylamine groups is 1. The molecule has 1 aliphatic carbocycles. The van der Waals surface area contributed by atoms with E-state index in [1.165, 1.54) is 55.6 Å². The van der Waals surface area contributed by atoms with Crippen LogP contribution >= 0.6 is 0 Å². The maximum absolute atomic E-state index is 13.2. The molecule has 3 aromatic rings. The van der Waals surface area contributed by atoms with Crippen molar-refractivity contribution in [3.05, 3.63) is 95.3 Å². The lowest BCUT2D eigenvalue weighted by atomic mass is 9.96. The number of nitrogens with zero attached hydrogens (tertiary/aromatic N) is 1. The van der Waals surface area contributed by atoms with Gasteiger partial charge in [0.1, 0.15) is 5.82 Å². The van der Waals surface area contributed by atoms with Crippen molar-refractivity contribution in [2.45, 2.75) is 44.1 Å². The number of hydrogen-bond donors (Lipinski definition) is 3. The van der Waals surface area contributed by atoms with E-state index in [-0.39, 0.29) is 5.82 Å². The Labute approximate surface area is 218 Å². The Bertz CT molecular complexity index is 1160. The van der Waals surface area contributed by atoms with E-state index in [1.807, 2.05) is 24.3 Å². The van der Waals surface area contributed by atoms with Crippen LogP contribution in [0.2, 0.25) is 0 Å². The summed E-state index contributed by atoms with van der Waals surface area (Å²) in [5.74, 6) is 0.686. The zero-order valence-electron chi connectivity index (χ0n) is 21.2. The molecule has 5 nitrogen and oxygen atoms in total. The first-order valence-corrected chi connectivity index (χ1v) is 13.4. The Kier molecular flexibility index (Phi) is 8.29. The fourth-order valence-corrected chi connectivity index (χ4v) is 5.48. The number of carbonyl (C=O) groups is 1. The molecule has 2 atom stereocenters. The molecule has 37 heavy (non-hydrogen) atoms. The lowest BCUT2D eigenvalue weighted by molar-refractivity contribution is 0.0706.